The van der Waals surface area contributed by atoms with Crippen LogP contribution in [0.3, 0.4) is 0 Å². The third-order valence-electron chi connectivity index (χ3n) is 3.37. The van der Waals surface area contributed by atoms with Gasteiger partial charge >= 0.3 is 0 Å². The van der Waals surface area contributed by atoms with E-state index in [9.17, 15) is 5.11 Å². The Bertz CT molecular complexity index is 429. The van der Waals surface area contributed by atoms with E-state index in [1.54, 1.807) is 12.3 Å². The number of aliphatic hydroxyl groups is 1. The van der Waals surface area contributed by atoms with Gasteiger partial charge < -0.3 is 15.7 Å². The fourth-order valence-electron chi connectivity index (χ4n) is 2.02. The van der Waals surface area contributed by atoms with Crippen molar-refractivity contribution in [3.63, 3.8) is 0 Å². The molecule has 2 heterocycles. The first kappa shape index (κ1) is 12.9. The highest BCUT2D eigenvalue weighted by atomic mass is 35.5. The van der Waals surface area contributed by atoms with Gasteiger partial charge in [0, 0.05) is 24.5 Å². The Balaban J connectivity index is 2.23. The Morgan fingerprint density at radius 1 is 1.65 bits per heavy atom. The smallest absolute Gasteiger partial charge is 0.147 e. The molecule has 0 amide bonds. The summed E-state index contributed by atoms with van der Waals surface area (Å²) in [5.41, 5.74) is 6.63. The summed E-state index contributed by atoms with van der Waals surface area (Å²) in [6.07, 6.45) is 1.67. The number of aliphatic hydroxyl groups excluding tert-OH is 1. The van der Waals surface area contributed by atoms with Gasteiger partial charge in [-0.1, -0.05) is 30.1 Å². The molecule has 2 atom stereocenters. The molecule has 17 heavy (non-hydrogen) atoms. The largest absolute Gasteiger partial charge is 0.396 e. The average molecular weight is 276 g/mol. The molecule has 4 nitrogen and oxygen atoms in total. The van der Waals surface area contributed by atoms with E-state index in [2.05, 4.69) is 9.88 Å². The third-order valence-corrected chi connectivity index (χ3v) is 4.06. The van der Waals surface area contributed by atoms with Gasteiger partial charge in [0.15, 0.2) is 0 Å². The Labute approximate surface area is 110 Å². The first-order chi connectivity index (χ1) is 7.96. The molecule has 0 aliphatic carbocycles. The highest BCUT2D eigenvalue weighted by Crippen LogP contribution is 2.33. The van der Waals surface area contributed by atoms with Crippen molar-refractivity contribution in [3.05, 3.63) is 22.4 Å². The summed E-state index contributed by atoms with van der Waals surface area (Å²) in [6.45, 7) is 3.41. The maximum Gasteiger partial charge on any atom is 0.147 e. The minimum Gasteiger partial charge on any atom is -0.396 e. The van der Waals surface area contributed by atoms with E-state index < -0.39 is 0 Å². The summed E-state index contributed by atoms with van der Waals surface area (Å²) >= 11 is 11.7. The van der Waals surface area contributed by atoms with E-state index >= 15 is 0 Å². The van der Waals surface area contributed by atoms with Crippen molar-refractivity contribution < 1.29 is 5.11 Å². The van der Waals surface area contributed by atoms with Crippen LogP contribution < -0.4 is 10.6 Å². The maximum atomic E-state index is 9.39. The predicted molar refractivity (Wildman–Crippen MR) is 69.6 cm³/mol. The van der Waals surface area contributed by atoms with Crippen molar-refractivity contribution in [2.45, 2.75) is 13.0 Å². The molecule has 1 aliphatic rings. The predicted octanol–water partition coefficient (Wildman–Crippen LogP) is 1.53. The van der Waals surface area contributed by atoms with E-state index in [4.69, 9.17) is 28.9 Å². The lowest BCUT2D eigenvalue weighted by atomic mass is 9.87. The zero-order valence-corrected chi connectivity index (χ0v) is 11.0. The molecule has 1 saturated heterocycles. The average Bonchev–Trinajstić information content (AvgIpc) is 2.60. The van der Waals surface area contributed by atoms with E-state index in [0.29, 0.717) is 23.3 Å². The normalized spacial score (nSPS) is 28.8. The van der Waals surface area contributed by atoms with Crippen molar-refractivity contribution in [1.29, 1.82) is 0 Å². The maximum absolute atomic E-state index is 9.39. The summed E-state index contributed by atoms with van der Waals surface area (Å²) in [5.74, 6) is 0. The van der Waals surface area contributed by atoms with Gasteiger partial charge in [0.1, 0.15) is 5.15 Å². The summed E-state index contributed by atoms with van der Waals surface area (Å²) in [4.78, 5) is 6.08. The van der Waals surface area contributed by atoms with Gasteiger partial charge in [-0.05, 0) is 6.07 Å². The van der Waals surface area contributed by atoms with E-state index in [0.717, 1.165) is 5.69 Å². The van der Waals surface area contributed by atoms with Crippen LogP contribution in [0.2, 0.25) is 10.2 Å². The van der Waals surface area contributed by atoms with Gasteiger partial charge in [-0.15, -0.1) is 0 Å². The van der Waals surface area contributed by atoms with Gasteiger partial charge in [-0.2, -0.15) is 0 Å². The summed E-state index contributed by atoms with van der Waals surface area (Å²) in [7, 11) is 0. The lowest BCUT2D eigenvalue weighted by Gasteiger charge is -2.25. The fourth-order valence-corrected chi connectivity index (χ4v) is 2.29. The molecular formula is C11H15Cl2N3O. The molecule has 1 fully saturated rings. The van der Waals surface area contributed by atoms with Crippen molar-refractivity contribution in [3.8, 4) is 0 Å². The van der Waals surface area contributed by atoms with E-state index in [1.807, 2.05) is 6.92 Å². The van der Waals surface area contributed by atoms with Crippen LogP contribution in [0.1, 0.15) is 6.92 Å². The van der Waals surface area contributed by atoms with Crippen LogP contribution in [-0.2, 0) is 0 Å². The van der Waals surface area contributed by atoms with Crippen LogP contribution in [0.5, 0.6) is 0 Å². The van der Waals surface area contributed by atoms with Crippen LogP contribution in [0.4, 0.5) is 5.69 Å². The second-order valence-electron chi connectivity index (χ2n) is 4.77. The molecule has 94 valence electrons. The molecule has 0 bridgehead atoms. The van der Waals surface area contributed by atoms with E-state index in [1.165, 1.54) is 0 Å². The van der Waals surface area contributed by atoms with Crippen molar-refractivity contribution in [2.24, 2.45) is 11.1 Å². The topological polar surface area (TPSA) is 62.4 Å². The van der Waals surface area contributed by atoms with Crippen molar-refractivity contribution in [1.82, 2.24) is 4.98 Å². The first-order valence-corrected chi connectivity index (χ1v) is 6.14. The van der Waals surface area contributed by atoms with Gasteiger partial charge in [0.05, 0.1) is 23.5 Å². The molecule has 0 unspecified atom stereocenters. The van der Waals surface area contributed by atoms with Crippen LogP contribution in [0, 0.1) is 5.41 Å². The molecular weight excluding hydrogens is 261 g/mol. The Morgan fingerprint density at radius 2 is 2.35 bits per heavy atom. The summed E-state index contributed by atoms with van der Waals surface area (Å²) in [5, 5.41) is 10.1. The fraction of sp³-hybridized carbons (Fsp3) is 0.545. The summed E-state index contributed by atoms with van der Waals surface area (Å²) < 4.78 is 0. The summed E-state index contributed by atoms with van der Waals surface area (Å²) in [6, 6.07) is 1.70. The first-order valence-electron chi connectivity index (χ1n) is 5.39. The molecule has 1 aliphatic heterocycles. The number of nitrogens with two attached hydrogens (primary N) is 1. The lowest BCUT2D eigenvalue weighted by molar-refractivity contribution is 0.147. The standard InChI is InChI=1S/C11H15Cl2N3O/c1-11(6-17)5-16(4-9(11)14)7-2-8(12)10(13)15-3-7/h2-3,9,17H,4-6,14H2,1H3/t9-,11-/m1/s1. The molecule has 0 spiro atoms. The number of pyridine rings is 1. The minimum absolute atomic E-state index is 0.0676. The monoisotopic (exact) mass is 275 g/mol. The number of hydrogen-bond donors (Lipinski definition) is 2. The van der Waals surface area contributed by atoms with E-state index in [-0.39, 0.29) is 18.1 Å². The molecule has 6 heteroatoms. The zero-order chi connectivity index (χ0) is 12.6. The minimum atomic E-state index is -0.286. The highest BCUT2D eigenvalue weighted by molar-refractivity contribution is 6.41. The van der Waals surface area contributed by atoms with Gasteiger partial charge in [0.2, 0.25) is 0 Å². The number of nitrogens with zero attached hydrogens (tertiary/aromatic N) is 2. The third kappa shape index (κ3) is 2.36. The van der Waals surface area contributed by atoms with Gasteiger partial charge in [-0.3, -0.25) is 0 Å². The van der Waals surface area contributed by atoms with Crippen molar-refractivity contribution >= 4 is 28.9 Å². The van der Waals surface area contributed by atoms with Crippen LogP contribution in [-0.4, -0.2) is 35.8 Å². The Hall–Kier alpha value is -0.550. The number of rotatable bonds is 2. The number of aromatic nitrogens is 1. The number of hydrogen-bond acceptors (Lipinski definition) is 4. The molecule has 2 rings (SSSR count). The molecule has 3 N–H and O–H groups in total. The number of halogens is 2. The molecule has 0 saturated carbocycles. The highest BCUT2D eigenvalue weighted by Gasteiger charge is 2.40. The Morgan fingerprint density at radius 3 is 2.88 bits per heavy atom. The second-order valence-corrected chi connectivity index (χ2v) is 5.53. The van der Waals surface area contributed by atoms with Crippen molar-refractivity contribution in [2.75, 3.05) is 24.6 Å². The van der Waals surface area contributed by atoms with Crippen LogP contribution >= 0.6 is 23.2 Å². The second kappa shape index (κ2) is 4.61. The van der Waals surface area contributed by atoms with Gasteiger partial charge in [-0.25, -0.2) is 4.98 Å². The molecule has 1 aromatic rings. The SMILES string of the molecule is C[C@]1(CO)CN(c2cnc(Cl)c(Cl)c2)C[C@H]1N. The quantitative estimate of drug-likeness (QED) is 0.804. The molecule has 0 aromatic carbocycles. The van der Waals surface area contributed by atoms with Gasteiger partial charge in [0.25, 0.3) is 0 Å². The number of anilines is 1. The zero-order valence-electron chi connectivity index (χ0n) is 9.53. The Kier molecular flexibility index (Phi) is 3.50. The van der Waals surface area contributed by atoms with Crippen LogP contribution in [0.15, 0.2) is 12.3 Å². The molecule has 1 aromatic heterocycles. The lowest BCUT2D eigenvalue weighted by Crippen LogP contribution is -2.40. The molecule has 0 radical (unpaired) electrons. The van der Waals surface area contributed by atoms with Crippen LogP contribution in [0.25, 0.3) is 0 Å².